The number of anilines is 1. The number of benzene rings is 2. The summed E-state index contributed by atoms with van der Waals surface area (Å²) in [6.45, 7) is 6.65. The van der Waals surface area contributed by atoms with Gasteiger partial charge in [-0.1, -0.05) is 36.8 Å². The third-order valence-corrected chi connectivity index (χ3v) is 5.40. The van der Waals surface area contributed by atoms with Crippen LogP contribution in [0.3, 0.4) is 0 Å². The smallest absolute Gasteiger partial charge is 0.244 e. The molecule has 0 saturated heterocycles. The molecule has 2 aromatic carbocycles. The fourth-order valence-electron chi connectivity index (χ4n) is 2.77. The van der Waals surface area contributed by atoms with Crippen molar-refractivity contribution >= 4 is 29.3 Å². The molecule has 0 aromatic heterocycles. The molecule has 0 bridgehead atoms. The van der Waals surface area contributed by atoms with Crippen LogP contribution in [0.5, 0.6) is 5.75 Å². The van der Waals surface area contributed by atoms with Crippen molar-refractivity contribution in [3.8, 4) is 5.75 Å². The first kappa shape index (κ1) is 21.8. The van der Waals surface area contributed by atoms with Crippen LogP contribution in [0.4, 0.5) is 5.69 Å². The number of ether oxygens (including phenoxy) is 1. The predicted molar refractivity (Wildman–Crippen MR) is 115 cm³/mol. The number of para-hydroxylation sites is 2. The van der Waals surface area contributed by atoms with Gasteiger partial charge in [0.25, 0.3) is 0 Å². The standard InChI is InChI=1S/C22H28N2O3S/c1-5-12-24(14-21(25)23-18-8-6-7-9-19(18)27-4)22(26)15-28-20-13-16(2)10-11-17(20)3/h6-11,13H,5,12,14-15H2,1-4H3,(H,23,25). The van der Waals surface area contributed by atoms with Crippen LogP contribution in [-0.2, 0) is 9.59 Å². The van der Waals surface area contributed by atoms with Gasteiger partial charge in [-0.3, -0.25) is 9.59 Å². The summed E-state index contributed by atoms with van der Waals surface area (Å²) >= 11 is 1.52. The first-order valence-electron chi connectivity index (χ1n) is 9.35. The molecule has 1 N–H and O–H groups in total. The van der Waals surface area contributed by atoms with Gasteiger partial charge in [0.15, 0.2) is 0 Å². The number of carbonyl (C=O) groups excluding carboxylic acids is 2. The zero-order chi connectivity index (χ0) is 20.5. The quantitative estimate of drug-likeness (QED) is 0.638. The number of thioether (sulfide) groups is 1. The molecule has 150 valence electrons. The number of carbonyl (C=O) groups is 2. The SMILES string of the molecule is CCCN(CC(=O)Nc1ccccc1OC)C(=O)CSc1cc(C)ccc1C. The van der Waals surface area contributed by atoms with Gasteiger partial charge >= 0.3 is 0 Å². The average Bonchev–Trinajstić information content (AvgIpc) is 2.68. The number of nitrogens with one attached hydrogen (secondary N) is 1. The fraction of sp³-hybridized carbons (Fsp3) is 0.364. The minimum absolute atomic E-state index is 0.0259. The van der Waals surface area contributed by atoms with Crippen LogP contribution in [0.2, 0.25) is 0 Å². The van der Waals surface area contributed by atoms with E-state index in [0.29, 0.717) is 23.7 Å². The van der Waals surface area contributed by atoms with E-state index < -0.39 is 0 Å². The maximum Gasteiger partial charge on any atom is 0.244 e. The molecule has 28 heavy (non-hydrogen) atoms. The molecule has 0 aliphatic heterocycles. The lowest BCUT2D eigenvalue weighted by molar-refractivity contribution is -0.132. The van der Waals surface area contributed by atoms with Crippen molar-refractivity contribution in [3.05, 3.63) is 53.6 Å². The fourth-order valence-corrected chi connectivity index (χ4v) is 3.79. The van der Waals surface area contributed by atoms with E-state index in [1.807, 2.05) is 32.9 Å². The van der Waals surface area contributed by atoms with Crippen LogP contribution in [0.25, 0.3) is 0 Å². The molecule has 0 spiro atoms. The zero-order valence-electron chi connectivity index (χ0n) is 17.0. The van der Waals surface area contributed by atoms with Crippen LogP contribution in [0, 0.1) is 13.8 Å². The van der Waals surface area contributed by atoms with Gasteiger partial charge in [0.05, 0.1) is 25.1 Å². The maximum absolute atomic E-state index is 12.7. The second-order valence-electron chi connectivity index (χ2n) is 6.62. The number of rotatable bonds is 9. The van der Waals surface area contributed by atoms with Gasteiger partial charge in [-0.05, 0) is 44.0 Å². The molecule has 0 unspecified atom stereocenters. The van der Waals surface area contributed by atoms with Gasteiger partial charge < -0.3 is 15.0 Å². The zero-order valence-corrected chi connectivity index (χ0v) is 17.8. The molecule has 2 rings (SSSR count). The molecule has 6 heteroatoms. The third-order valence-electron chi connectivity index (χ3n) is 4.26. The van der Waals surface area contributed by atoms with Gasteiger partial charge in [0.1, 0.15) is 5.75 Å². The second kappa shape index (κ2) is 10.8. The predicted octanol–water partition coefficient (Wildman–Crippen LogP) is 4.28. The van der Waals surface area contributed by atoms with Crippen molar-refractivity contribution < 1.29 is 14.3 Å². The summed E-state index contributed by atoms with van der Waals surface area (Å²) in [5.74, 6) is 0.632. The number of aryl methyl sites for hydroxylation is 2. The summed E-state index contributed by atoms with van der Waals surface area (Å²) in [6.07, 6.45) is 0.793. The number of hydrogen-bond acceptors (Lipinski definition) is 4. The van der Waals surface area contributed by atoms with Crippen molar-refractivity contribution in [3.63, 3.8) is 0 Å². The molecular weight excluding hydrogens is 372 g/mol. The highest BCUT2D eigenvalue weighted by atomic mass is 32.2. The lowest BCUT2D eigenvalue weighted by Gasteiger charge is -2.22. The molecule has 0 radical (unpaired) electrons. The largest absolute Gasteiger partial charge is 0.495 e. The molecule has 0 fully saturated rings. The van der Waals surface area contributed by atoms with Crippen molar-refractivity contribution in [1.82, 2.24) is 4.90 Å². The van der Waals surface area contributed by atoms with Gasteiger partial charge in [-0.25, -0.2) is 0 Å². The van der Waals surface area contributed by atoms with Gasteiger partial charge in [0, 0.05) is 11.4 Å². The van der Waals surface area contributed by atoms with Gasteiger partial charge in [0.2, 0.25) is 11.8 Å². The summed E-state index contributed by atoms with van der Waals surface area (Å²) in [5.41, 5.74) is 2.92. The molecule has 5 nitrogen and oxygen atoms in total. The lowest BCUT2D eigenvalue weighted by atomic mass is 10.2. The lowest BCUT2D eigenvalue weighted by Crippen LogP contribution is -2.39. The van der Waals surface area contributed by atoms with Crippen LogP contribution >= 0.6 is 11.8 Å². The summed E-state index contributed by atoms with van der Waals surface area (Å²) in [5, 5.41) is 2.83. The van der Waals surface area contributed by atoms with E-state index in [1.165, 1.54) is 17.3 Å². The normalized spacial score (nSPS) is 10.4. The van der Waals surface area contributed by atoms with Crippen molar-refractivity contribution in [2.24, 2.45) is 0 Å². The summed E-state index contributed by atoms with van der Waals surface area (Å²) in [7, 11) is 1.56. The Morgan fingerprint density at radius 1 is 1.14 bits per heavy atom. The Bertz CT molecular complexity index is 823. The van der Waals surface area contributed by atoms with Crippen LogP contribution in [0.1, 0.15) is 24.5 Å². The molecule has 2 amide bonds. The van der Waals surface area contributed by atoms with Crippen LogP contribution < -0.4 is 10.1 Å². The molecular formula is C22H28N2O3S. The highest BCUT2D eigenvalue weighted by molar-refractivity contribution is 8.00. The minimum atomic E-state index is -0.233. The Morgan fingerprint density at radius 2 is 1.89 bits per heavy atom. The van der Waals surface area contributed by atoms with E-state index in [1.54, 1.807) is 24.1 Å². The highest BCUT2D eigenvalue weighted by Gasteiger charge is 2.18. The van der Waals surface area contributed by atoms with E-state index in [2.05, 4.69) is 23.5 Å². The summed E-state index contributed by atoms with van der Waals surface area (Å²) in [4.78, 5) is 27.9. The van der Waals surface area contributed by atoms with E-state index in [9.17, 15) is 9.59 Å². The van der Waals surface area contributed by atoms with Crippen LogP contribution in [0.15, 0.2) is 47.4 Å². The Morgan fingerprint density at radius 3 is 2.61 bits per heavy atom. The molecule has 0 atom stereocenters. The maximum atomic E-state index is 12.7. The van der Waals surface area contributed by atoms with Crippen LogP contribution in [-0.4, -0.2) is 42.7 Å². The van der Waals surface area contributed by atoms with E-state index in [0.717, 1.165) is 16.9 Å². The number of amides is 2. The number of methoxy groups -OCH3 is 1. The third kappa shape index (κ3) is 6.30. The van der Waals surface area contributed by atoms with Crippen molar-refractivity contribution in [2.45, 2.75) is 32.1 Å². The summed E-state index contributed by atoms with van der Waals surface area (Å²) < 4.78 is 5.26. The van der Waals surface area contributed by atoms with Crippen molar-refractivity contribution in [2.75, 3.05) is 31.3 Å². The summed E-state index contributed by atoms with van der Waals surface area (Å²) in [6, 6.07) is 13.4. The average molecular weight is 401 g/mol. The Balaban J connectivity index is 1.98. The first-order valence-corrected chi connectivity index (χ1v) is 10.3. The molecule has 0 heterocycles. The van der Waals surface area contributed by atoms with E-state index in [-0.39, 0.29) is 18.4 Å². The number of hydrogen-bond donors (Lipinski definition) is 1. The van der Waals surface area contributed by atoms with Gasteiger partial charge in [-0.15, -0.1) is 11.8 Å². The molecule has 0 aliphatic rings. The highest BCUT2D eigenvalue weighted by Crippen LogP contribution is 2.24. The Labute approximate surface area is 171 Å². The minimum Gasteiger partial charge on any atom is -0.495 e. The van der Waals surface area contributed by atoms with Crippen molar-refractivity contribution in [1.29, 1.82) is 0 Å². The Hall–Kier alpha value is -2.47. The molecule has 0 aliphatic carbocycles. The topological polar surface area (TPSA) is 58.6 Å². The number of nitrogens with zero attached hydrogens (tertiary/aromatic N) is 1. The molecule has 2 aromatic rings. The Kier molecular flexibility index (Phi) is 8.39. The molecule has 0 saturated carbocycles. The second-order valence-corrected chi connectivity index (χ2v) is 7.64. The van der Waals surface area contributed by atoms with E-state index >= 15 is 0 Å². The van der Waals surface area contributed by atoms with E-state index in [4.69, 9.17) is 4.74 Å². The van der Waals surface area contributed by atoms with Gasteiger partial charge in [-0.2, -0.15) is 0 Å². The monoisotopic (exact) mass is 400 g/mol. The first-order chi connectivity index (χ1) is 13.4.